The molecule has 1 fully saturated rings. The van der Waals surface area contributed by atoms with Gasteiger partial charge in [0.05, 0.1) is 0 Å². The lowest BCUT2D eigenvalue weighted by molar-refractivity contribution is -0.110. The van der Waals surface area contributed by atoms with Gasteiger partial charge in [0.1, 0.15) is 0 Å². The van der Waals surface area contributed by atoms with Crippen molar-refractivity contribution in [3.05, 3.63) is 0 Å². The molecule has 1 amide bonds. The summed E-state index contributed by atoms with van der Waals surface area (Å²) in [7, 11) is 0. The van der Waals surface area contributed by atoms with Crippen molar-refractivity contribution in [2.45, 2.75) is 57.9 Å². The highest BCUT2D eigenvalue weighted by Gasteiger charge is 2.13. The zero-order valence-electron chi connectivity index (χ0n) is 10.6. The number of hydrogen-bond acceptors (Lipinski definition) is 2. The number of nitrogens with one attached hydrogen (secondary N) is 1. The fourth-order valence-corrected chi connectivity index (χ4v) is 2.48. The number of nitrogens with zero attached hydrogens (tertiary/aromatic N) is 1. The van der Waals surface area contributed by atoms with Crippen LogP contribution in [-0.4, -0.2) is 37.0 Å². The SMILES string of the molecule is CCC[C@@H](CN1CCCCCCC1)NC=O. The van der Waals surface area contributed by atoms with E-state index in [9.17, 15) is 4.79 Å². The van der Waals surface area contributed by atoms with Crippen LogP contribution in [0, 0.1) is 0 Å². The Balaban J connectivity index is 2.31. The zero-order chi connectivity index (χ0) is 11.6. The first kappa shape index (κ1) is 13.5. The van der Waals surface area contributed by atoms with E-state index in [-0.39, 0.29) is 0 Å². The summed E-state index contributed by atoms with van der Waals surface area (Å²) in [5.41, 5.74) is 0. The summed E-state index contributed by atoms with van der Waals surface area (Å²) in [6.07, 6.45) is 9.86. The van der Waals surface area contributed by atoms with Gasteiger partial charge in [-0.05, 0) is 32.4 Å². The lowest BCUT2D eigenvalue weighted by Crippen LogP contribution is -2.41. The molecule has 0 aliphatic carbocycles. The van der Waals surface area contributed by atoms with E-state index < -0.39 is 0 Å². The van der Waals surface area contributed by atoms with Gasteiger partial charge in [0.25, 0.3) is 0 Å². The minimum Gasteiger partial charge on any atom is -0.355 e. The van der Waals surface area contributed by atoms with E-state index in [1.165, 1.54) is 45.2 Å². The molecule has 1 rings (SSSR count). The molecule has 1 saturated heterocycles. The van der Waals surface area contributed by atoms with Crippen LogP contribution >= 0.6 is 0 Å². The van der Waals surface area contributed by atoms with Crippen molar-refractivity contribution in [3.63, 3.8) is 0 Å². The van der Waals surface area contributed by atoms with E-state index in [0.717, 1.165) is 25.8 Å². The highest BCUT2D eigenvalue weighted by molar-refractivity contribution is 5.46. The molecular formula is C13H26N2O. The molecule has 94 valence electrons. The first-order valence-electron chi connectivity index (χ1n) is 6.79. The molecule has 1 heterocycles. The van der Waals surface area contributed by atoms with Gasteiger partial charge in [0, 0.05) is 12.6 Å². The fourth-order valence-electron chi connectivity index (χ4n) is 2.48. The van der Waals surface area contributed by atoms with Crippen molar-refractivity contribution in [3.8, 4) is 0 Å². The third kappa shape index (κ3) is 5.50. The third-order valence-corrected chi connectivity index (χ3v) is 3.37. The maximum Gasteiger partial charge on any atom is 0.207 e. The van der Waals surface area contributed by atoms with Gasteiger partial charge in [0.2, 0.25) is 6.41 Å². The number of amides is 1. The van der Waals surface area contributed by atoms with Crippen LogP contribution in [0.1, 0.15) is 51.9 Å². The van der Waals surface area contributed by atoms with Gasteiger partial charge < -0.3 is 10.2 Å². The van der Waals surface area contributed by atoms with Crippen molar-refractivity contribution < 1.29 is 4.79 Å². The second kappa shape index (κ2) is 8.57. The third-order valence-electron chi connectivity index (χ3n) is 3.37. The predicted octanol–water partition coefficient (Wildman–Crippen LogP) is 2.17. The average Bonchev–Trinajstić information content (AvgIpc) is 2.22. The molecule has 0 aromatic heterocycles. The van der Waals surface area contributed by atoms with Gasteiger partial charge in [-0.25, -0.2) is 0 Å². The minimum absolute atomic E-state index is 0.349. The molecule has 0 radical (unpaired) electrons. The van der Waals surface area contributed by atoms with Gasteiger partial charge in [-0.3, -0.25) is 4.79 Å². The van der Waals surface area contributed by atoms with E-state index >= 15 is 0 Å². The van der Waals surface area contributed by atoms with E-state index in [0.29, 0.717) is 6.04 Å². The summed E-state index contributed by atoms with van der Waals surface area (Å²) in [4.78, 5) is 13.0. The molecule has 1 aliphatic rings. The minimum atomic E-state index is 0.349. The Morgan fingerprint density at radius 2 is 1.81 bits per heavy atom. The summed E-state index contributed by atoms with van der Waals surface area (Å²) in [5.74, 6) is 0. The van der Waals surface area contributed by atoms with Gasteiger partial charge in [0.15, 0.2) is 0 Å². The highest BCUT2D eigenvalue weighted by Crippen LogP contribution is 2.11. The average molecular weight is 226 g/mol. The standard InChI is InChI=1S/C13H26N2O/c1-2-8-13(14-12-16)11-15-9-6-4-3-5-7-10-15/h12-13H,2-11H2,1H3,(H,14,16)/t13-/m0/s1. The first-order chi connectivity index (χ1) is 7.86. The van der Waals surface area contributed by atoms with E-state index in [1.54, 1.807) is 0 Å². The molecule has 16 heavy (non-hydrogen) atoms. The van der Waals surface area contributed by atoms with Crippen molar-refractivity contribution in [1.29, 1.82) is 0 Å². The quantitative estimate of drug-likeness (QED) is 0.704. The van der Waals surface area contributed by atoms with Crippen LogP contribution in [0.4, 0.5) is 0 Å². The van der Waals surface area contributed by atoms with Crippen molar-refractivity contribution in [1.82, 2.24) is 10.2 Å². The number of hydrogen-bond donors (Lipinski definition) is 1. The second-order valence-corrected chi connectivity index (χ2v) is 4.84. The number of carbonyl (C=O) groups excluding carboxylic acids is 1. The summed E-state index contributed by atoms with van der Waals surface area (Å²) in [5, 5.41) is 2.94. The molecule has 0 aromatic carbocycles. The highest BCUT2D eigenvalue weighted by atomic mass is 16.1. The molecule has 0 spiro atoms. The van der Waals surface area contributed by atoms with Crippen molar-refractivity contribution in [2.75, 3.05) is 19.6 Å². The van der Waals surface area contributed by atoms with E-state index in [1.807, 2.05) is 0 Å². The molecule has 0 bridgehead atoms. The molecule has 0 aromatic rings. The predicted molar refractivity (Wildman–Crippen MR) is 67.4 cm³/mol. The van der Waals surface area contributed by atoms with E-state index in [4.69, 9.17) is 0 Å². The Morgan fingerprint density at radius 1 is 1.19 bits per heavy atom. The Bertz CT molecular complexity index is 177. The van der Waals surface area contributed by atoms with E-state index in [2.05, 4.69) is 17.1 Å². The molecule has 1 N–H and O–H groups in total. The molecule has 1 aliphatic heterocycles. The van der Waals surface area contributed by atoms with Crippen LogP contribution < -0.4 is 5.32 Å². The summed E-state index contributed by atoms with van der Waals surface area (Å²) < 4.78 is 0. The fraction of sp³-hybridized carbons (Fsp3) is 0.923. The number of rotatable bonds is 6. The zero-order valence-corrected chi connectivity index (χ0v) is 10.6. The molecule has 0 unspecified atom stereocenters. The maximum absolute atomic E-state index is 10.5. The van der Waals surface area contributed by atoms with Crippen LogP contribution in [-0.2, 0) is 4.79 Å². The van der Waals surface area contributed by atoms with Gasteiger partial charge >= 0.3 is 0 Å². The molecule has 3 heteroatoms. The van der Waals surface area contributed by atoms with Crippen molar-refractivity contribution in [2.24, 2.45) is 0 Å². The molecular weight excluding hydrogens is 200 g/mol. The largest absolute Gasteiger partial charge is 0.355 e. The number of likely N-dealkylation sites (tertiary alicyclic amines) is 1. The Kier molecular flexibility index (Phi) is 7.23. The van der Waals surface area contributed by atoms with Crippen LogP contribution in [0.25, 0.3) is 0 Å². The Labute approximate surface area is 99.6 Å². The molecule has 1 atom stereocenters. The van der Waals surface area contributed by atoms with Crippen molar-refractivity contribution >= 4 is 6.41 Å². The number of carbonyl (C=O) groups is 1. The van der Waals surface area contributed by atoms with Gasteiger partial charge in [-0.1, -0.05) is 32.6 Å². The summed E-state index contributed by atoms with van der Waals surface area (Å²) in [6.45, 7) is 5.63. The lowest BCUT2D eigenvalue weighted by Gasteiger charge is -2.28. The topological polar surface area (TPSA) is 32.3 Å². The Hall–Kier alpha value is -0.570. The molecule has 3 nitrogen and oxygen atoms in total. The van der Waals surface area contributed by atoms with Crippen LogP contribution in [0.15, 0.2) is 0 Å². The normalized spacial score (nSPS) is 20.8. The lowest BCUT2D eigenvalue weighted by atomic mass is 10.1. The van der Waals surface area contributed by atoms with Gasteiger partial charge in [-0.2, -0.15) is 0 Å². The monoisotopic (exact) mass is 226 g/mol. The summed E-state index contributed by atoms with van der Waals surface area (Å²) >= 11 is 0. The van der Waals surface area contributed by atoms with Crippen LogP contribution in [0.2, 0.25) is 0 Å². The smallest absolute Gasteiger partial charge is 0.207 e. The maximum atomic E-state index is 10.5. The van der Waals surface area contributed by atoms with Crippen LogP contribution in [0.5, 0.6) is 0 Å². The van der Waals surface area contributed by atoms with Gasteiger partial charge in [-0.15, -0.1) is 0 Å². The summed E-state index contributed by atoms with van der Waals surface area (Å²) in [6, 6.07) is 0.349. The molecule has 0 saturated carbocycles. The second-order valence-electron chi connectivity index (χ2n) is 4.84. The van der Waals surface area contributed by atoms with Crippen LogP contribution in [0.3, 0.4) is 0 Å². The first-order valence-corrected chi connectivity index (χ1v) is 6.79. The Morgan fingerprint density at radius 3 is 2.38 bits per heavy atom.